The molecule has 0 saturated carbocycles. The van der Waals surface area contributed by atoms with Gasteiger partial charge in [-0.05, 0) is 42.0 Å². The number of allylic oxidation sites excluding steroid dienone is 2. The summed E-state index contributed by atoms with van der Waals surface area (Å²) < 4.78 is 5.72. The van der Waals surface area contributed by atoms with Crippen molar-refractivity contribution >= 4 is 6.09 Å². The number of hydrogen-bond acceptors (Lipinski definition) is 2. The van der Waals surface area contributed by atoms with Gasteiger partial charge in [0.2, 0.25) is 0 Å². The van der Waals surface area contributed by atoms with Crippen molar-refractivity contribution in [3.8, 4) is 11.8 Å². The predicted octanol–water partition coefficient (Wildman–Crippen LogP) is 5.62. The second-order valence-corrected chi connectivity index (χ2v) is 7.34. The summed E-state index contributed by atoms with van der Waals surface area (Å²) in [5.41, 5.74) is 4.14. The number of fused-ring (bicyclic) bond motifs is 3. The number of benzene rings is 2. The Morgan fingerprint density at radius 3 is 2.75 bits per heavy atom. The Morgan fingerprint density at radius 2 is 1.93 bits per heavy atom. The van der Waals surface area contributed by atoms with Crippen molar-refractivity contribution in [2.75, 3.05) is 0 Å². The van der Waals surface area contributed by atoms with Crippen LogP contribution in [0, 0.1) is 11.8 Å². The first-order valence-corrected chi connectivity index (χ1v) is 10.1. The average molecular weight is 371 g/mol. The maximum Gasteiger partial charge on any atom is 0.415 e. The third kappa shape index (κ3) is 3.68. The number of rotatable bonds is 5. The van der Waals surface area contributed by atoms with E-state index in [0.29, 0.717) is 0 Å². The average Bonchev–Trinajstić information content (AvgIpc) is 3.23. The lowest BCUT2D eigenvalue weighted by Crippen LogP contribution is -2.27. The molecule has 0 aromatic heterocycles. The predicted molar refractivity (Wildman–Crippen MR) is 111 cm³/mol. The van der Waals surface area contributed by atoms with Crippen LogP contribution in [0.15, 0.2) is 66.4 Å². The first-order chi connectivity index (χ1) is 13.8. The summed E-state index contributed by atoms with van der Waals surface area (Å²) in [7, 11) is 0. The smallest absolute Gasteiger partial charge is 0.415 e. The Kier molecular flexibility index (Phi) is 5.48. The zero-order valence-electron chi connectivity index (χ0n) is 16.2. The molecule has 4 rings (SSSR count). The van der Waals surface area contributed by atoms with Crippen LogP contribution in [0.5, 0.6) is 0 Å². The molecule has 3 heteroatoms. The summed E-state index contributed by atoms with van der Waals surface area (Å²) in [6.45, 7) is 2.19. The fraction of sp³-hybridized carbons (Fsp3) is 0.320. The summed E-state index contributed by atoms with van der Waals surface area (Å²) in [6, 6.07) is 18.1. The first-order valence-electron chi connectivity index (χ1n) is 10.1. The minimum atomic E-state index is -0.284. The molecule has 3 nitrogen and oxygen atoms in total. The molecular weight excluding hydrogens is 346 g/mol. The normalized spacial score (nSPS) is 20.2. The topological polar surface area (TPSA) is 29.5 Å². The molecule has 0 N–H and O–H groups in total. The minimum absolute atomic E-state index is 0.0776. The number of unbranched alkanes of at least 4 members (excludes halogenated alkanes) is 3. The molecule has 0 spiro atoms. The van der Waals surface area contributed by atoms with E-state index in [1.165, 1.54) is 24.0 Å². The van der Waals surface area contributed by atoms with Crippen molar-refractivity contribution < 1.29 is 9.53 Å². The van der Waals surface area contributed by atoms with Gasteiger partial charge in [0.1, 0.15) is 12.1 Å². The number of carbonyl (C=O) groups is 1. The molecule has 2 atom stereocenters. The van der Waals surface area contributed by atoms with E-state index in [1.54, 1.807) is 4.90 Å². The minimum Gasteiger partial charge on any atom is -0.443 e. The number of nitrogens with zero attached hydrogens (tertiary/aromatic N) is 1. The second-order valence-electron chi connectivity index (χ2n) is 7.34. The largest absolute Gasteiger partial charge is 0.443 e. The molecule has 2 aliphatic rings. The highest BCUT2D eigenvalue weighted by molar-refractivity contribution is 5.76. The van der Waals surface area contributed by atoms with Gasteiger partial charge in [-0.3, -0.25) is 4.90 Å². The number of amides is 1. The molecular formula is C25H25NO2. The van der Waals surface area contributed by atoms with Gasteiger partial charge in [-0.15, -0.1) is 0 Å². The molecule has 1 amide bonds. The molecule has 0 unspecified atom stereocenters. The van der Waals surface area contributed by atoms with Crippen molar-refractivity contribution in [1.82, 2.24) is 4.90 Å². The van der Waals surface area contributed by atoms with Crippen LogP contribution in [-0.4, -0.2) is 17.1 Å². The number of ether oxygens (including phenoxy) is 1. The second kappa shape index (κ2) is 8.35. The van der Waals surface area contributed by atoms with Gasteiger partial charge in [0.25, 0.3) is 0 Å². The fourth-order valence-corrected chi connectivity index (χ4v) is 4.00. The van der Waals surface area contributed by atoms with Gasteiger partial charge in [0.15, 0.2) is 0 Å². The summed E-state index contributed by atoms with van der Waals surface area (Å²) in [5, 5.41) is 0. The Bertz CT molecular complexity index is 936. The van der Waals surface area contributed by atoms with Gasteiger partial charge < -0.3 is 4.74 Å². The molecule has 1 saturated heterocycles. The van der Waals surface area contributed by atoms with Crippen molar-refractivity contribution in [2.24, 2.45) is 0 Å². The maximum absolute atomic E-state index is 12.7. The molecule has 28 heavy (non-hydrogen) atoms. The lowest BCUT2D eigenvalue weighted by Gasteiger charge is -2.21. The van der Waals surface area contributed by atoms with Crippen molar-refractivity contribution in [3.05, 3.63) is 83.1 Å². The highest BCUT2D eigenvalue weighted by Gasteiger charge is 2.48. The summed E-state index contributed by atoms with van der Waals surface area (Å²) in [5.74, 6) is 6.48. The van der Waals surface area contributed by atoms with E-state index in [1.807, 2.05) is 42.5 Å². The van der Waals surface area contributed by atoms with Gasteiger partial charge in [-0.2, -0.15) is 0 Å². The molecule has 2 aromatic carbocycles. The van der Waals surface area contributed by atoms with Crippen LogP contribution < -0.4 is 0 Å². The van der Waals surface area contributed by atoms with Crippen LogP contribution in [0.25, 0.3) is 0 Å². The molecule has 142 valence electrons. The third-order valence-electron chi connectivity index (χ3n) is 5.39. The zero-order chi connectivity index (χ0) is 19.3. The summed E-state index contributed by atoms with van der Waals surface area (Å²) in [4.78, 5) is 14.5. The van der Waals surface area contributed by atoms with Crippen molar-refractivity contribution in [3.63, 3.8) is 0 Å². The Hall–Kier alpha value is -2.99. The van der Waals surface area contributed by atoms with Crippen molar-refractivity contribution in [1.29, 1.82) is 0 Å². The molecule has 1 fully saturated rings. The van der Waals surface area contributed by atoms with Gasteiger partial charge in [-0.1, -0.05) is 74.2 Å². The van der Waals surface area contributed by atoms with Gasteiger partial charge in [0.05, 0.1) is 5.70 Å². The molecule has 1 aliphatic carbocycles. The zero-order valence-corrected chi connectivity index (χ0v) is 16.2. The molecule has 0 radical (unpaired) electrons. The lowest BCUT2D eigenvalue weighted by atomic mass is 10.1. The van der Waals surface area contributed by atoms with E-state index in [0.717, 1.165) is 30.5 Å². The molecule has 2 aromatic rings. The number of hydrogen-bond donors (Lipinski definition) is 0. The highest BCUT2D eigenvalue weighted by atomic mass is 16.6. The van der Waals surface area contributed by atoms with E-state index >= 15 is 0 Å². The van der Waals surface area contributed by atoms with Crippen LogP contribution in [0.2, 0.25) is 0 Å². The maximum atomic E-state index is 12.7. The molecule has 0 bridgehead atoms. The highest BCUT2D eigenvalue weighted by Crippen LogP contribution is 2.44. The van der Waals surface area contributed by atoms with E-state index in [2.05, 4.69) is 37.0 Å². The van der Waals surface area contributed by atoms with Crippen LogP contribution in [0.4, 0.5) is 4.79 Å². The van der Waals surface area contributed by atoms with Crippen LogP contribution in [0.1, 0.15) is 55.3 Å². The third-order valence-corrected chi connectivity index (χ3v) is 5.39. The Balaban J connectivity index is 1.67. The summed E-state index contributed by atoms with van der Waals surface area (Å²) >= 11 is 0. The van der Waals surface area contributed by atoms with E-state index < -0.39 is 0 Å². The van der Waals surface area contributed by atoms with Crippen LogP contribution >= 0.6 is 0 Å². The van der Waals surface area contributed by atoms with E-state index in [-0.39, 0.29) is 18.2 Å². The Labute approximate surface area is 167 Å². The van der Waals surface area contributed by atoms with Crippen LogP contribution in [0.3, 0.4) is 0 Å². The quantitative estimate of drug-likeness (QED) is 0.504. The standard InChI is InChI=1S/C25H25NO2/c1-2-3-4-8-14-21(17-16-19-11-6-5-7-12-19)26-24-22-15-10-9-13-20(22)18-23(24)28-25(26)27/h5-7,9-15,23-24H,2-4,8,18H2,1H3/b21-14-/t23-,24+/m1/s1. The SMILES string of the molecule is CCCCC/C=C(/C#Cc1ccccc1)N1C(=O)O[C@@H]2Cc3ccccc3[C@@H]21. The van der Waals surface area contributed by atoms with Crippen molar-refractivity contribution in [2.45, 2.75) is 51.2 Å². The molecule has 1 aliphatic heterocycles. The van der Waals surface area contributed by atoms with E-state index in [9.17, 15) is 4.79 Å². The molecule has 1 heterocycles. The fourth-order valence-electron chi connectivity index (χ4n) is 4.00. The van der Waals surface area contributed by atoms with Gasteiger partial charge in [-0.25, -0.2) is 4.79 Å². The summed E-state index contributed by atoms with van der Waals surface area (Å²) in [6.07, 6.45) is 6.83. The monoisotopic (exact) mass is 371 g/mol. The van der Waals surface area contributed by atoms with Gasteiger partial charge >= 0.3 is 6.09 Å². The van der Waals surface area contributed by atoms with Crippen LogP contribution in [-0.2, 0) is 11.2 Å². The number of carbonyl (C=O) groups excluding carboxylic acids is 1. The van der Waals surface area contributed by atoms with E-state index in [4.69, 9.17) is 4.74 Å². The lowest BCUT2D eigenvalue weighted by molar-refractivity contribution is 0.134. The van der Waals surface area contributed by atoms with Gasteiger partial charge in [0, 0.05) is 12.0 Å². The first kappa shape index (κ1) is 18.4. The Morgan fingerprint density at radius 1 is 1.14 bits per heavy atom.